The summed E-state index contributed by atoms with van der Waals surface area (Å²) >= 11 is 0. The summed E-state index contributed by atoms with van der Waals surface area (Å²) in [7, 11) is 1.57. The zero-order valence-electron chi connectivity index (χ0n) is 20.5. The van der Waals surface area contributed by atoms with E-state index < -0.39 is 36.8 Å². The van der Waals surface area contributed by atoms with Gasteiger partial charge in [-0.15, -0.1) is 0 Å². The van der Waals surface area contributed by atoms with Gasteiger partial charge in [0, 0.05) is 18.2 Å². The Morgan fingerprint density at radius 3 is 2.46 bits per heavy atom. The molecule has 5 atom stereocenters. The molecule has 8 nitrogen and oxygen atoms in total. The molecule has 3 aromatic rings. The van der Waals surface area contributed by atoms with E-state index in [0.717, 1.165) is 11.1 Å². The minimum atomic E-state index is -2.30. The van der Waals surface area contributed by atoms with Crippen LogP contribution in [0.15, 0.2) is 72.8 Å². The van der Waals surface area contributed by atoms with Crippen LogP contribution >= 0.6 is 0 Å². The molecule has 1 saturated heterocycles. The van der Waals surface area contributed by atoms with Crippen molar-refractivity contribution in [3.63, 3.8) is 0 Å². The first kappa shape index (κ1) is 26.4. The monoisotopic (exact) mass is 503 g/mol. The third-order valence-electron chi connectivity index (χ3n) is 6.27. The first-order valence-corrected chi connectivity index (χ1v) is 11.8. The maximum Gasteiger partial charge on any atom is 0.251 e. The molecule has 1 heterocycles. The lowest BCUT2D eigenvalue weighted by atomic mass is 9.86. The van der Waals surface area contributed by atoms with Gasteiger partial charge in [0.1, 0.15) is 24.1 Å². The quantitative estimate of drug-likeness (QED) is 0.335. The number of carbonyl (C=O) groups is 1. The Morgan fingerprint density at radius 2 is 1.78 bits per heavy atom. The summed E-state index contributed by atoms with van der Waals surface area (Å²) in [5, 5.41) is 44.8. The second-order valence-corrected chi connectivity index (χ2v) is 8.82. The molecule has 0 aromatic heterocycles. The predicted octanol–water partition coefficient (Wildman–Crippen LogP) is 1.62. The molecule has 4 rings (SSSR count). The zero-order valence-corrected chi connectivity index (χ0v) is 20.5. The molecule has 0 saturated carbocycles. The number of amides is 1. The van der Waals surface area contributed by atoms with Gasteiger partial charge in [-0.1, -0.05) is 48.2 Å². The number of hydrogen-bond acceptors (Lipinski definition) is 7. The maximum absolute atomic E-state index is 12.0. The van der Waals surface area contributed by atoms with Crippen molar-refractivity contribution in [2.75, 3.05) is 13.7 Å². The number of carbonyl (C=O) groups excluding carboxylic acids is 1. The number of aliphatic hydroxyl groups excluding tert-OH is 3. The molecular weight excluding hydrogens is 474 g/mol. The lowest BCUT2D eigenvalue weighted by molar-refractivity contribution is -0.301. The Bertz CT molecular complexity index is 1320. The molecule has 1 amide bonds. The number of aryl methyl sites for hydroxylation is 1. The number of rotatable bonds is 5. The van der Waals surface area contributed by atoms with Gasteiger partial charge in [-0.3, -0.25) is 4.79 Å². The molecule has 0 unspecified atom stereocenters. The van der Waals surface area contributed by atoms with Crippen molar-refractivity contribution in [1.29, 1.82) is 0 Å². The first-order chi connectivity index (χ1) is 17.8. The third kappa shape index (κ3) is 5.52. The van der Waals surface area contributed by atoms with Crippen molar-refractivity contribution in [3.05, 3.63) is 89.5 Å². The molecule has 5 N–H and O–H groups in total. The Kier molecular flexibility index (Phi) is 7.93. The molecule has 37 heavy (non-hydrogen) atoms. The van der Waals surface area contributed by atoms with E-state index in [1.807, 2.05) is 18.2 Å². The highest BCUT2D eigenvalue weighted by atomic mass is 16.7. The Labute approximate surface area is 215 Å². The molecule has 3 aromatic carbocycles. The van der Waals surface area contributed by atoms with Crippen LogP contribution in [0, 0.1) is 18.8 Å². The normalized spacial score (nSPS) is 25.0. The minimum absolute atomic E-state index is 0.192. The van der Waals surface area contributed by atoms with Crippen molar-refractivity contribution in [1.82, 2.24) is 5.32 Å². The standard InChI is InChI=1S/C29H29NO7/c1-18-15-21(20-9-6-10-22(16-20)27(34)30-2)11-12-23(18)36-28-29(35,14-13-19-7-4-3-5-8-19)26(33)25(32)24(17-31)37-28/h3-12,15-16,24-26,28,31-33,35H,17H2,1-2H3,(H,30,34)/t24-,25-,26+,28+,29+/m1/s1. The minimum Gasteiger partial charge on any atom is -0.460 e. The van der Waals surface area contributed by atoms with Crippen molar-refractivity contribution in [2.45, 2.75) is 37.1 Å². The van der Waals surface area contributed by atoms with E-state index in [9.17, 15) is 25.2 Å². The van der Waals surface area contributed by atoms with Gasteiger partial charge >= 0.3 is 0 Å². The second kappa shape index (κ2) is 11.1. The summed E-state index contributed by atoms with van der Waals surface area (Å²) in [5.74, 6) is 5.56. The SMILES string of the molecule is CNC(=O)c1cccc(-c2ccc(O[C@H]3O[C@H](CO)[C@@H](O)[C@H](O)[C@@]3(O)C#Cc3ccccc3)c(C)c2)c1. The summed E-state index contributed by atoms with van der Waals surface area (Å²) < 4.78 is 11.7. The van der Waals surface area contributed by atoms with Crippen LogP contribution in [0.4, 0.5) is 0 Å². The fourth-order valence-electron chi connectivity index (χ4n) is 4.10. The van der Waals surface area contributed by atoms with Gasteiger partial charge in [0.15, 0.2) is 0 Å². The molecular formula is C29H29NO7. The van der Waals surface area contributed by atoms with Crippen LogP contribution < -0.4 is 10.1 Å². The average molecular weight is 504 g/mol. The molecule has 8 heteroatoms. The number of aliphatic hydroxyl groups is 4. The van der Waals surface area contributed by atoms with E-state index in [1.54, 1.807) is 68.6 Å². The van der Waals surface area contributed by atoms with Gasteiger partial charge in [-0.25, -0.2) is 0 Å². The molecule has 0 radical (unpaired) electrons. The summed E-state index contributed by atoms with van der Waals surface area (Å²) in [4.78, 5) is 12.0. The molecule has 0 aliphatic carbocycles. The highest BCUT2D eigenvalue weighted by Gasteiger charge is 2.55. The highest BCUT2D eigenvalue weighted by molar-refractivity contribution is 5.95. The van der Waals surface area contributed by atoms with Crippen LogP contribution in [0.5, 0.6) is 5.75 Å². The smallest absolute Gasteiger partial charge is 0.251 e. The van der Waals surface area contributed by atoms with Gasteiger partial charge in [0.2, 0.25) is 11.9 Å². The predicted molar refractivity (Wildman–Crippen MR) is 137 cm³/mol. The lowest BCUT2D eigenvalue weighted by Gasteiger charge is -2.45. The fraction of sp³-hybridized carbons (Fsp3) is 0.276. The second-order valence-electron chi connectivity index (χ2n) is 8.82. The van der Waals surface area contributed by atoms with E-state index >= 15 is 0 Å². The summed E-state index contributed by atoms with van der Waals surface area (Å²) in [6.07, 6.45) is -6.06. The molecule has 192 valence electrons. The van der Waals surface area contributed by atoms with E-state index in [1.165, 1.54) is 0 Å². The highest BCUT2D eigenvalue weighted by Crippen LogP contribution is 2.34. The van der Waals surface area contributed by atoms with Crippen LogP contribution in [-0.2, 0) is 4.74 Å². The van der Waals surface area contributed by atoms with Crippen LogP contribution in [0.3, 0.4) is 0 Å². The Hall–Kier alpha value is -3.71. The van der Waals surface area contributed by atoms with Gasteiger partial charge in [0.05, 0.1) is 6.61 Å². The Balaban J connectivity index is 1.65. The number of hydrogen-bond donors (Lipinski definition) is 5. The van der Waals surface area contributed by atoms with Crippen LogP contribution in [0.1, 0.15) is 21.5 Å². The number of nitrogens with one attached hydrogen (secondary N) is 1. The third-order valence-corrected chi connectivity index (χ3v) is 6.27. The van der Waals surface area contributed by atoms with Gasteiger partial charge in [0.25, 0.3) is 5.91 Å². The zero-order chi connectivity index (χ0) is 26.6. The fourth-order valence-corrected chi connectivity index (χ4v) is 4.10. The average Bonchev–Trinajstić information content (AvgIpc) is 2.93. The molecule has 1 aliphatic heterocycles. The molecule has 0 spiro atoms. The largest absolute Gasteiger partial charge is 0.460 e. The number of benzene rings is 3. The molecule has 1 aliphatic rings. The summed E-state index contributed by atoms with van der Waals surface area (Å²) in [6.45, 7) is 1.20. The van der Waals surface area contributed by atoms with Gasteiger partial charge in [-0.05, 0) is 60.0 Å². The van der Waals surface area contributed by atoms with E-state index in [2.05, 4.69) is 17.2 Å². The molecule has 1 fully saturated rings. The van der Waals surface area contributed by atoms with E-state index in [4.69, 9.17) is 9.47 Å². The lowest BCUT2D eigenvalue weighted by Crippen LogP contribution is -2.67. The first-order valence-electron chi connectivity index (χ1n) is 11.8. The van der Waals surface area contributed by atoms with Crippen molar-refractivity contribution >= 4 is 5.91 Å². The maximum atomic E-state index is 12.0. The number of ether oxygens (including phenoxy) is 2. The van der Waals surface area contributed by atoms with Gasteiger partial charge < -0.3 is 35.2 Å². The molecule has 0 bridgehead atoms. The van der Waals surface area contributed by atoms with Crippen molar-refractivity contribution < 1.29 is 34.7 Å². The summed E-state index contributed by atoms with van der Waals surface area (Å²) in [5.41, 5.74) is 1.16. The summed E-state index contributed by atoms with van der Waals surface area (Å²) in [6, 6.07) is 21.3. The topological polar surface area (TPSA) is 128 Å². The van der Waals surface area contributed by atoms with Crippen LogP contribution in [0.25, 0.3) is 11.1 Å². The van der Waals surface area contributed by atoms with Crippen LogP contribution in [0.2, 0.25) is 0 Å². The Morgan fingerprint density at radius 1 is 1.05 bits per heavy atom. The van der Waals surface area contributed by atoms with Crippen molar-refractivity contribution in [3.8, 4) is 28.7 Å². The van der Waals surface area contributed by atoms with Gasteiger partial charge in [-0.2, -0.15) is 0 Å². The van der Waals surface area contributed by atoms with Crippen LogP contribution in [-0.4, -0.2) is 70.2 Å². The van der Waals surface area contributed by atoms with Crippen molar-refractivity contribution in [2.24, 2.45) is 0 Å². The van der Waals surface area contributed by atoms with E-state index in [0.29, 0.717) is 22.4 Å². The van der Waals surface area contributed by atoms with E-state index in [-0.39, 0.29) is 5.91 Å².